The van der Waals surface area contributed by atoms with Crippen molar-refractivity contribution >= 4 is 11.5 Å². The highest BCUT2D eigenvalue weighted by Gasteiger charge is 2.48. The van der Waals surface area contributed by atoms with Gasteiger partial charge >= 0.3 is 0 Å². The van der Waals surface area contributed by atoms with E-state index in [0.717, 1.165) is 73.8 Å². The number of carbonyl (C=O) groups excluding carboxylic acids is 1. The lowest BCUT2D eigenvalue weighted by Gasteiger charge is -2.37. The normalized spacial score (nSPS) is 23.9. The Morgan fingerprint density at radius 3 is 2.34 bits per heavy atom. The Morgan fingerprint density at radius 1 is 1.21 bits per heavy atom. The molecule has 1 aliphatic heterocycles. The number of benzene rings is 1. The third-order valence-electron chi connectivity index (χ3n) is 6.54. The summed E-state index contributed by atoms with van der Waals surface area (Å²) >= 11 is 0. The van der Waals surface area contributed by atoms with E-state index in [0.29, 0.717) is 11.5 Å². The highest BCUT2D eigenvalue weighted by molar-refractivity contribution is 6.24. The van der Waals surface area contributed by atoms with Gasteiger partial charge in [0, 0.05) is 19.3 Å². The van der Waals surface area contributed by atoms with Crippen LogP contribution in [0.1, 0.15) is 75.1 Å². The Bertz CT molecular complexity index is 839. The van der Waals surface area contributed by atoms with Crippen molar-refractivity contribution in [1.29, 1.82) is 0 Å². The predicted octanol–water partition coefficient (Wildman–Crippen LogP) is 4.55. The van der Waals surface area contributed by atoms with E-state index in [4.69, 9.17) is 4.74 Å². The second-order valence-corrected chi connectivity index (χ2v) is 8.24. The van der Waals surface area contributed by atoms with Crippen LogP contribution in [-0.4, -0.2) is 30.3 Å². The van der Waals surface area contributed by atoms with Crippen LogP contribution in [0.25, 0.3) is 5.57 Å². The van der Waals surface area contributed by atoms with Gasteiger partial charge in [-0.05, 0) is 86.6 Å². The quantitative estimate of drug-likeness (QED) is 0.695. The number of nitrogens with one attached hydrogen (secondary N) is 1. The Kier molecular flexibility index (Phi) is 6.70. The van der Waals surface area contributed by atoms with Crippen LogP contribution in [0.15, 0.2) is 17.9 Å². The number of methoxy groups -OCH3 is 1. The maximum absolute atomic E-state index is 13.1. The van der Waals surface area contributed by atoms with Crippen molar-refractivity contribution in [1.82, 2.24) is 5.32 Å². The molecule has 1 amide bonds. The molecule has 2 N–H and O–H groups in total. The first-order valence-electron chi connectivity index (χ1n) is 10.8. The van der Waals surface area contributed by atoms with Crippen molar-refractivity contribution in [2.45, 2.75) is 71.3 Å². The fourth-order valence-electron chi connectivity index (χ4n) is 4.89. The molecule has 2 aliphatic rings. The largest absolute Gasteiger partial charge is 0.509 e. The molecule has 0 unspecified atom stereocenters. The molecule has 1 fully saturated rings. The Hall–Kier alpha value is -2.25. The minimum atomic E-state index is -0.603. The third kappa shape index (κ3) is 4.07. The lowest BCUT2D eigenvalue weighted by Crippen LogP contribution is -2.47. The average molecular weight is 396 g/mol. The molecule has 0 radical (unpaired) electrons. The molecule has 29 heavy (non-hydrogen) atoms. The van der Waals surface area contributed by atoms with Crippen LogP contribution in [0.2, 0.25) is 0 Å². The molecule has 1 aromatic carbocycles. The van der Waals surface area contributed by atoms with Gasteiger partial charge in [-0.2, -0.15) is 0 Å². The van der Waals surface area contributed by atoms with Crippen LogP contribution < -0.4 is 5.32 Å². The van der Waals surface area contributed by atoms with Gasteiger partial charge in [-0.1, -0.05) is 19.8 Å². The smallest absolute Gasteiger partial charge is 0.256 e. The molecule has 0 saturated heterocycles. The van der Waals surface area contributed by atoms with E-state index in [1.165, 1.54) is 0 Å². The standard InChI is InChI=1S/C25H33NO3/c1-5-8-18-15-19(6-2)21(20(7-3)16-18)22-23(27)25(26-24(22)28)12-9-17(10-13-25)11-14-29-4/h15-17,27H,6-7,9-14H2,1-4H3,(H,26,28). The maximum atomic E-state index is 13.1. The van der Waals surface area contributed by atoms with Crippen LogP contribution >= 0.6 is 0 Å². The molecule has 0 atom stereocenters. The topological polar surface area (TPSA) is 58.6 Å². The van der Waals surface area contributed by atoms with Gasteiger partial charge in [0.05, 0.1) is 11.1 Å². The summed E-state index contributed by atoms with van der Waals surface area (Å²) in [5.41, 5.74) is 3.90. The van der Waals surface area contributed by atoms with Gasteiger partial charge in [0.15, 0.2) is 0 Å². The van der Waals surface area contributed by atoms with E-state index in [9.17, 15) is 9.90 Å². The monoisotopic (exact) mass is 395 g/mol. The first-order valence-corrected chi connectivity index (χ1v) is 10.8. The predicted molar refractivity (Wildman–Crippen MR) is 117 cm³/mol. The fourth-order valence-corrected chi connectivity index (χ4v) is 4.89. The molecule has 1 aromatic rings. The number of rotatable bonds is 6. The fraction of sp³-hybridized carbons (Fsp3) is 0.560. The summed E-state index contributed by atoms with van der Waals surface area (Å²) in [6, 6.07) is 4.12. The van der Waals surface area contributed by atoms with Gasteiger partial charge in [-0.3, -0.25) is 4.79 Å². The summed E-state index contributed by atoms with van der Waals surface area (Å²) in [5.74, 6) is 6.79. The highest BCUT2D eigenvalue weighted by Crippen LogP contribution is 2.44. The number of hydrogen-bond donors (Lipinski definition) is 2. The highest BCUT2D eigenvalue weighted by atomic mass is 16.5. The van der Waals surface area contributed by atoms with Crippen molar-refractivity contribution < 1.29 is 14.6 Å². The van der Waals surface area contributed by atoms with E-state index in [1.54, 1.807) is 7.11 Å². The van der Waals surface area contributed by atoms with Crippen molar-refractivity contribution in [3.05, 3.63) is 40.1 Å². The molecule has 4 heteroatoms. The van der Waals surface area contributed by atoms with Gasteiger partial charge in [0.25, 0.3) is 5.91 Å². The lowest BCUT2D eigenvalue weighted by molar-refractivity contribution is -0.116. The molecule has 4 nitrogen and oxygen atoms in total. The second kappa shape index (κ2) is 9.05. The van der Waals surface area contributed by atoms with E-state index >= 15 is 0 Å². The molecular formula is C25H33NO3. The Balaban J connectivity index is 2.00. The molecule has 0 bridgehead atoms. The summed E-state index contributed by atoms with van der Waals surface area (Å²) in [6.07, 6.45) is 6.17. The summed E-state index contributed by atoms with van der Waals surface area (Å²) in [4.78, 5) is 13.1. The van der Waals surface area contributed by atoms with Gasteiger partial charge < -0.3 is 15.2 Å². The third-order valence-corrected chi connectivity index (χ3v) is 6.54. The van der Waals surface area contributed by atoms with Crippen LogP contribution in [0.4, 0.5) is 0 Å². The zero-order chi connectivity index (χ0) is 21.0. The van der Waals surface area contributed by atoms with Gasteiger partial charge in [-0.25, -0.2) is 0 Å². The number of aliphatic hydroxyl groups excluding tert-OH is 1. The molecule has 1 saturated carbocycles. The van der Waals surface area contributed by atoms with E-state index < -0.39 is 5.54 Å². The lowest BCUT2D eigenvalue weighted by atomic mass is 9.74. The number of hydrogen-bond acceptors (Lipinski definition) is 3. The van der Waals surface area contributed by atoms with Crippen LogP contribution in [0, 0.1) is 17.8 Å². The SMILES string of the molecule is CC#Cc1cc(CC)c(C2=C(O)C3(CCC(CCOC)CC3)NC2=O)c(CC)c1. The summed E-state index contributed by atoms with van der Waals surface area (Å²) in [6.45, 7) is 6.77. The number of aryl methyl sites for hydroxylation is 2. The van der Waals surface area contributed by atoms with Gasteiger partial charge in [0.2, 0.25) is 0 Å². The van der Waals surface area contributed by atoms with Crippen molar-refractivity contribution in [2.75, 3.05) is 13.7 Å². The molecular weight excluding hydrogens is 362 g/mol. The van der Waals surface area contributed by atoms with Gasteiger partial charge in [-0.15, -0.1) is 5.92 Å². The summed E-state index contributed by atoms with van der Waals surface area (Å²) in [5, 5.41) is 14.5. The van der Waals surface area contributed by atoms with Crippen LogP contribution in [0.3, 0.4) is 0 Å². The minimum Gasteiger partial charge on any atom is -0.509 e. The minimum absolute atomic E-state index is 0.142. The molecule has 1 heterocycles. The zero-order valence-corrected chi connectivity index (χ0v) is 18.2. The van der Waals surface area contributed by atoms with E-state index in [1.807, 2.05) is 6.92 Å². The van der Waals surface area contributed by atoms with Crippen molar-refractivity contribution in [2.24, 2.45) is 5.92 Å². The van der Waals surface area contributed by atoms with Crippen molar-refractivity contribution in [3.63, 3.8) is 0 Å². The zero-order valence-electron chi connectivity index (χ0n) is 18.2. The Morgan fingerprint density at radius 2 is 1.83 bits per heavy atom. The van der Waals surface area contributed by atoms with E-state index in [-0.39, 0.29) is 11.7 Å². The van der Waals surface area contributed by atoms with Crippen molar-refractivity contribution in [3.8, 4) is 11.8 Å². The molecule has 3 rings (SSSR count). The first-order chi connectivity index (χ1) is 14.0. The number of carbonyl (C=O) groups is 1. The van der Waals surface area contributed by atoms with E-state index in [2.05, 4.69) is 43.1 Å². The molecule has 1 spiro atoms. The number of aliphatic hydroxyl groups is 1. The first kappa shape index (κ1) is 21.5. The van der Waals surface area contributed by atoms with Gasteiger partial charge in [0.1, 0.15) is 5.76 Å². The molecule has 0 aromatic heterocycles. The maximum Gasteiger partial charge on any atom is 0.256 e. The Labute approximate surface area is 174 Å². The number of amides is 1. The van der Waals surface area contributed by atoms with Crippen LogP contribution in [0.5, 0.6) is 0 Å². The average Bonchev–Trinajstić information content (AvgIpc) is 2.96. The molecule has 1 aliphatic carbocycles. The molecule has 156 valence electrons. The summed E-state index contributed by atoms with van der Waals surface area (Å²) in [7, 11) is 1.73. The second-order valence-electron chi connectivity index (χ2n) is 8.24. The van der Waals surface area contributed by atoms with Crippen LogP contribution in [-0.2, 0) is 22.4 Å². The summed E-state index contributed by atoms with van der Waals surface area (Å²) < 4.78 is 5.21. The number of ether oxygens (including phenoxy) is 1.